The highest BCUT2D eigenvalue weighted by Crippen LogP contribution is 2.24. The summed E-state index contributed by atoms with van der Waals surface area (Å²) in [5.41, 5.74) is 2.23. The molecular weight excluding hydrogens is 268 g/mol. The number of benzene rings is 1. The van der Waals surface area contributed by atoms with E-state index in [1.807, 2.05) is 18.2 Å². The van der Waals surface area contributed by atoms with Gasteiger partial charge in [-0.25, -0.2) is 4.98 Å². The molecule has 0 aliphatic rings. The molecule has 0 aliphatic heterocycles. The largest absolute Gasteiger partial charge is 0.396 e. The highest BCUT2D eigenvalue weighted by molar-refractivity contribution is 7.99. The second-order valence-electron chi connectivity index (χ2n) is 5.24. The van der Waals surface area contributed by atoms with Gasteiger partial charge in [0.25, 0.3) is 0 Å². The predicted octanol–water partition coefficient (Wildman–Crippen LogP) is 3.06. The number of hydrogen-bond donors (Lipinski definition) is 2. The van der Waals surface area contributed by atoms with Crippen molar-refractivity contribution in [2.45, 2.75) is 25.4 Å². The van der Waals surface area contributed by atoms with Crippen molar-refractivity contribution in [1.82, 2.24) is 10.3 Å². The summed E-state index contributed by atoms with van der Waals surface area (Å²) in [5.74, 6) is 1.32. The Morgan fingerprint density at radius 2 is 2.10 bits per heavy atom. The molecule has 0 radical (unpaired) electrons. The molecule has 0 amide bonds. The van der Waals surface area contributed by atoms with Gasteiger partial charge >= 0.3 is 0 Å². The van der Waals surface area contributed by atoms with Crippen LogP contribution in [0.4, 0.5) is 0 Å². The van der Waals surface area contributed by atoms with Gasteiger partial charge in [-0.2, -0.15) is 0 Å². The fraction of sp³-hybridized carbons (Fsp3) is 0.438. The summed E-state index contributed by atoms with van der Waals surface area (Å²) < 4.78 is 0. The van der Waals surface area contributed by atoms with E-state index in [0.29, 0.717) is 11.7 Å². The number of thioether (sulfide) groups is 1. The third-order valence-electron chi connectivity index (χ3n) is 2.96. The number of aromatic nitrogens is 1. The van der Waals surface area contributed by atoms with Crippen molar-refractivity contribution in [2.75, 3.05) is 18.9 Å². The van der Waals surface area contributed by atoms with Crippen molar-refractivity contribution in [3.8, 4) is 0 Å². The molecule has 0 unspecified atom stereocenters. The zero-order valence-electron chi connectivity index (χ0n) is 12.1. The fourth-order valence-electron chi connectivity index (χ4n) is 2.03. The fourth-order valence-corrected chi connectivity index (χ4v) is 2.80. The Morgan fingerprint density at radius 1 is 1.30 bits per heavy atom. The van der Waals surface area contributed by atoms with Crippen molar-refractivity contribution in [1.29, 1.82) is 0 Å². The topological polar surface area (TPSA) is 45.2 Å². The lowest BCUT2D eigenvalue weighted by molar-refractivity contribution is 0.322. The normalized spacial score (nSPS) is 11.4. The van der Waals surface area contributed by atoms with Crippen LogP contribution < -0.4 is 5.32 Å². The molecule has 108 valence electrons. The molecule has 0 atom stereocenters. The van der Waals surface area contributed by atoms with Gasteiger partial charge in [-0.3, -0.25) is 0 Å². The van der Waals surface area contributed by atoms with Crippen molar-refractivity contribution < 1.29 is 5.11 Å². The highest BCUT2D eigenvalue weighted by Gasteiger charge is 2.07. The van der Waals surface area contributed by atoms with E-state index >= 15 is 0 Å². The summed E-state index contributed by atoms with van der Waals surface area (Å²) in [6.07, 6.45) is 0. The quantitative estimate of drug-likeness (QED) is 0.769. The standard InChI is InChI=1S/C16H22N2OS/c1-12(2)10-17-11-14-9-13-5-3-4-6-15(13)18-16(14)20-8-7-19/h3-6,9,12,17,19H,7-8,10-11H2,1-2H3. The number of hydrogen-bond acceptors (Lipinski definition) is 4. The summed E-state index contributed by atoms with van der Waals surface area (Å²) in [5, 5.41) is 14.7. The summed E-state index contributed by atoms with van der Waals surface area (Å²) in [7, 11) is 0. The van der Waals surface area contributed by atoms with Crippen LogP contribution in [0.15, 0.2) is 35.4 Å². The first-order chi connectivity index (χ1) is 9.70. The number of nitrogens with zero attached hydrogens (tertiary/aromatic N) is 1. The van der Waals surface area contributed by atoms with Crippen LogP contribution in [0.25, 0.3) is 10.9 Å². The van der Waals surface area contributed by atoms with Gasteiger partial charge in [0, 0.05) is 17.7 Å². The van der Waals surface area contributed by atoms with Crippen molar-refractivity contribution in [3.05, 3.63) is 35.9 Å². The number of nitrogens with one attached hydrogen (secondary N) is 1. The first kappa shape index (κ1) is 15.3. The van der Waals surface area contributed by atoms with Crippen molar-refractivity contribution in [3.63, 3.8) is 0 Å². The minimum Gasteiger partial charge on any atom is -0.396 e. The second-order valence-corrected chi connectivity index (χ2v) is 6.33. The summed E-state index contributed by atoms with van der Waals surface area (Å²) in [6.45, 7) is 6.40. The van der Waals surface area contributed by atoms with E-state index in [1.165, 1.54) is 10.9 Å². The molecule has 0 saturated carbocycles. The second kappa shape index (κ2) is 7.62. The van der Waals surface area contributed by atoms with Gasteiger partial charge in [0.2, 0.25) is 0 Å². The van der Waals surface area contributed by atoms with Crippen LogP contribution in [-0.4, -0.2) is 29.0 Å². The number of pyridine rings is 1. The zero-order valence-corrected chi connectivity index (χ0v) is 12.9. The predicted molar refractivity (Wildman–Crippen MR) is 86.1 cm³/mol. The van der Waals surface area contributed by atoms with E-state index < -0.39 is 0 Å². The molecule has 20 heavy (non-hydrogen) atoms. The first-order valence-corrected chi connectivity index (χ1v) is 8.02. The Kier molecular flexibility index (Phi) is 5.83. The smallest absolute Gasteiger partial charge is 0.101 e. The molecular formula is C16H22N2OS. The average molecular weight is 290 g/mol. The first-order valence-electron chi connectivity index (χ1n) is 7.03. The van der Waals surface area contributed by atoms with Gasteiger partial charge in [0.1, 0.15) is 5.03 Å². The molecule has 2 N–H and O–H groups in total. The van der Waals surface area contributed by atoms with Crippen LogP contribution in [0.5, 0.6) is 0 Å². The van der Waals surface area contributed by atoms with Crippen molar-refractivity contribution >= 4 is 22.7 Å². The van der Waals surface area contributed by atoms with Crippen LogP contribution in [0.1, 0.15) is 19.4 Å². The lowest BCUT2D eigenvalue weighted by Gasteiger charge is -2.12. The van der Waals surface area contributed by atoms with Crippen molar-refractivity contribution in [2.24, 2.45) is 5.92 Å². The number of fused-ring (bicyclic) bond motifs is 1. The molecule has 2 rings (SSSR count). The van der Waals surface area contributed by atoms with E-state index in [1.54, 1.807) is 11.8 Å². The summed E-state index contributed by atoms with van der Waals surface area (Å²) in [6, 6.07) is 10.4. The molecule has 0 aliphatic carbocycles. The molecule has 4 heteroatoms. The lowest BCUT2D eigenvalue weighted by atomic mass is 10.1. The SMILES string of the molecule is CC(C)CNCc1cc2ccccc2nc1SCCO. The Labute approximate surface area is 124 Å². The Morgan fingerprint density at radius 3 is 2.85 bits per heavy atom. The molecule has 1 heterocycles. The van der Waals surface area contributed by atoms with Crippen LogP contribution in [0, 0.1) is 5.92 Å². The van der Waals surface area contributed by atoms with E-state index in [0.717, 1.165) is 23.6 Å². The Bertz CT molecular complexity index is 557. The zero-order chi connectivity index (χ0) is 14.4. The van der Waals surface area contributed by atoms with Gasteiger partial charge in [0.15, 0.2) is 0 Å². The molecule has 3 nitrogen and oxygen atoms in total. The van der Waals surface area contributed by atoms with Crippen LogP contribution >= 0.6 is 11.8 Å². The number of rotatable bonds is 7. The Hall–Kier alpha value is -1.10. The Balaban J connectivity index is 2.23. The summed E-state index contributed by atoms with van der Waals surface area (Å²) in [4.78, 5) is 4.72. The highest BCUT2D eigenvalue weighted by atomic mass is 32.2. The van der Waals surface area contributed by atoms with Gasteiger partial charge in [0.05, 0.1) is 12.1 Å². The monoisotopic (exact) mass is 290 g/mol. The van der Waals surface area contributed by atoms with Crippen LogP contribution in [0.2, 0.25) is 0 Å². The molecule has 1 aromatic heterocycles. The minimum atomic E-state index is 0.179. The number of aliphatic hydroxyl groups excluding tert-OH is 1. The van der Waals surface area contributed by atoms with E-state index in [4.69, 9.17) is 10.1 Å². The molecule has 1 aromatic carbocycles. The molecule has 0 saturated heterocycles. The van der Waals surface area contributed by atoms with Crippen LogP contribution in [-0.2, 0) is 6.54 Å². The molecule has 0 bridgehead atoms. The maximum absolute atomic E-state index is 9.02. The molecule has 0 spiro atoms. The molecule has 0 fully saturated rings. The van der Waals surface area contributed by atoms with Gasteiger partial charge < -0.3 is 10.4 Å². The number of para-hydroxylation sites is 1. The summed E-state index contributed by atoms with van der Waals surface area (Å²) >= 11 is 1.62. The van der Waals surface area contributed by atoms with E-state index in [9.17, 15) is 0 Å². The van der Waals surface area contributed by atoms with Gasteiger partial charge in [-0.15, -0.1) is 11.8 Å². The maximum atomic E-state index is 9.02. The average Bonchev–Trinajstić information content (AvgIpc) is 2.44. The molecule has 2 aromatic rings. The minimum absolute atomic E-state index is 0.179. The lowest BCUT2D eigenvalue weighted by Crippen LogP contribution is -2.19. The van der Waals surface area contributed by atoms with Gasteiger partial charge in [-0.05, 0) is 30.2 Å². The maximum Gasteiger partial charge on any atom is 0.101 e. The van der Waals surface area contributed by atoms with E-state index in [2.05, 4.69) is 31.3 Å². The number of aliphatic hydroxyl groups is 1. The third-order valence-corrected chi connectivity index (χ3v) is 3.97. The van der Waals surface area contributed by atoms with E-state index in [-0.39, 0.29) is 6.61 Å². The van der Waals surface area contributed by atoms with Crippen LogP contribution in [0.3, 0.4) is 0 Å². The van der Waals surface area contributed by atoms with Gasteiger partial charge in [-0.1, -0.05) is 32.0 Å². The third kappa shape index (κ3) is 4.20.